The summed E-state index contributed by atoms with van der Waals surface area (Å²) in [6, 6.07) is 6.73. The van der Waals surface area contributed by atoms with Crippen LogP contribution in [-0.2, 0) is 20.7 Å². The average Bonchev–Trinajstić information content (AvgIpc) is 3.15. The first-order chi connectivity index (χ1) is 13.7. The van der Waals surface area contributed by atoms with Crippen LogP contribution in [0.1, 0.15) is 44.8 Å². The predicted octanol–water partition coefficient (Wildman–Crippen LogP) is 4.21. The summed E-state index contributed by atoms with van der Waals surface area (Å²) >= 11 is 0. The zero-order valence-corrected chi connectivity index (χ0v) is 16.9. The fourth-order valence-electron chi connectivity index (χ4n) is 4.45. The first-order valence-corrected chi connectivity index (χ1v) is 9.62. The number of allylic oxidation sites excluding steroid dienone is 1. The summed E-state index contributed by atoms with van der Waals surface area (Å²) in [7, 11) is 0. The van der Waals surface area contributed by atoms with Crippen molar-refractivity contribution in [1.29, 1.82) is 0 Å². The van der Waals surface area contributed by atoms with E-state index in [-0.39, 0.29) is 11.5 Å². The van der Waals surface area contributed by atoms with Gasteiger partial charge in [0, 0.05) is 29.6 Å². The zero-order valence-electron chi connectivity index (χ0n) is 16.9. The molecular weight excluding hydrogens is 372 g/mol. The Morgan fingerprint density at radius 1 is 1.21 bits per heavy atom. The van der Waals surface area contributed by atoms with E-state index < -0.39 is 23.1 Å². The maximum Gasteiger partial charge on any atom is 0.336 e. The number of esters is 1. The Kier molecular flexibility index (Phi) is 4.52. The van der Waals surface area contributed by atoms with Gasteiger partial charge in [-0.3, -0.25) is 0 Å². The molecule has 0 saturated carbocycles. The lowest BCUT2D eigenvalue weighted by atomic mass is 9.63. The largest absolute Gasteiger partial charge is 0.488 e. The maximum atomic E-state index is 12.5. The highest BCUT2D eigenvalue weighted by Crippen LogP contribution is 2.52. The SMILES string of the molecule is CC1(C)OC2=Cc3oc(=O)ccc3CC2C(C)(C)[C@@H]1OC(=O)/C=C/c1ccco1. The molecule has 1 aliphatic heterocycles. The molecule has 4 rings (SSSR count). The first kappa shape index (κ1) is 19.3. The van der Waals surface area contributed by atoms with Gasteiger partial charge in [0.25, 0.3) is 0 Å². The third-order valence-corrected chi connectivity index (χ3v) is 5.74. The van der Waals surface area contributed by atoms with Gasteiger partial charge in [0.2, 0.25) is 0 Å². The van der Waals surface area contributed by atoms with Crippen molar-refractivity contribution in [2.45, 2.75) is 45.8 Å². The van der Waals surface area contributed by atoms with Gasteiger partial charge in [0.15, 0.2) is 0 Å². The molecule has 2 aromatic heterocycles. The van der Waals surface area contributed by atoms with Crippen LogP contribution in [-0.4, -0.2) is 17.7 Å². The minimum absolute atomic E-state index is 0.0115. The third-order valence-electron chi connectivity index (χ3n) is 5.74. The van der Waals surface area contributed by atoms with Gasteiger partial charge >= 0.3 is 11.6 Å². The molecule has 3 heterocycles. The minimum Gasteiger partial charge on any atom is -0.488 e. The van der Waals surface area contributed by atoms with Crippen molar-refractivity contribution in [2.75, 3.05) is 0 Å². The van der Waals surface area contributed by atoms with E-state index in [2.05, 4.69) is 13.8 Å². The molecule has 1 aliphatic carbocycles. The molecule has 0 N–H and O–H groups in total. The lowest BCUT2D eigenvalue weighted by Crippen LogP contribution is -2.58. The molecule has 29 heavy (non-hydrogen) atoms. The van der Waals surface area contributed by atoms with Crippen LogP contribution in [0.5, 0.6) is 0 Å². The molecule has 1 fully saturated rings. The van der Waals surface area contributed by atoms with E-state index in [0.29, 0.717) is 17.9 Å². The summed E-state index contributed by atoms with van der Waals surface area (Å²) in [6.45, 7) is 7.95. The fourth-order valence-corrected chi connectivity index (χ4v) is 4.45. The molecule has 0 spiro atoms. The van der Waals surface area contributed by atoms with Crippen molar-refractivity contribution in [3.63, 3.8) is 0 Å². The first-order valence-electron chi connectivity index (χ1n) is 9.62. The van der Waals surface area contributed by atoms with Crippen LogP contribution in [0.25, 0.3) is 12.2 Å². The number of rotatable bonds is 3. The van der Waals surface area contributed by atoms with E-state index in [1.54, 1.807) is 36.6 Å². The Hall–Kier alpha value is -3.02. The van der Waals surface area contributed by atoms with E-state index >= 15 is 0 Å². The normalized spacial score (nSPS) is 24.2. The zero-order chi connectivity index (χ0) is 20.8. The van der Waals surface area contributed by atoms with Gasteiger partial charge < -0.3 is 18.3 Å². The van der Waals surface area contributed by atoms with E-state index in [1.807, 2.05) is 13.8 Å². The second-order valence-corrected chi connectivity index (χ2v) is 8.64. The van der Waals surface area contributed by atoms with Gasteiger partial charge in [-0.05, 0) is 50.1 Å². The lowest BCUT2D eigenvalue weighted by molar-refractivity contribution is -0.203. The van der Waals surface area contributed by atoms with Crippen LogP contribution in [0.15, 0.2) is 56.0 Å². The molecule has 0 amide bonds. The van der Waals surface area contributed by atoms with Gasteiger partial charge in [0.05, 0.1) is 6.26 Å². The lowest BCUT2D eigenvalue weighted by Gasteiger charge is -2.53. The number of fused-ring (bicyclic) bond motifs is 2. The Morgan fingerprint density at radius 3 is 2.72 bits per heavy atom. The van der Waals surface area contributed by atoms with Gasteiger partial charge in [-0.25, -0.2) is 9.59 Å². The predicted molar refractivity (Wildman–Crippen MR) is 107 cm³/mol. The van der Waals surface area contributed by atoms with Crippen molar-refractivity contribution in [3.8, 4) is 0 Å². The molecule has 6 heteroatoms. The molecular formula is C23H24O6. The second-order valence-electron chi connectivity index (χ2n) is 8.64. The average molecular weight is 396 g/mol. The van der Waals surface area contributed by atoms with Crippen LogP contribution < -0.4 is 5.63 Å². The molecule has 0 radical (unpaired) electrons. The molecule has 6 nitrogen and oxygen atoms in total. The Balaban J connectivity index is 1.61. The molecule has 2 atom stereocenters. The van der Waals surface area contributed by atoms with E-state index in [9.17, 15) is 9.59 Å². The fraction of sp³-hybridized carbons (Fsp3) is 0.391. The second kappa shape index (κ2) is 6.79. The monoisotopic (exact) mass is 396 g/mol. The highest BCUT2D eigenvalue weighted by atomic mass is 16.6. The molecule has 1 saturated heterocycles. The Morgan fingerprint density at radius 2 is 2.00 bits per heavy atom. The van der Waals surface area contributed by atoms with Crippen molar-refractivity contribution >= 4 is 18.1 Å². The molecule has 1 unspecified atom stereocenters. The molecule has 0 aromatic carbocycles. The molecule has 2 aromatic rings. The number of carbonyl (C=O) groups excluding carboxylic acids is 1. The summed E-state index contributed by atoms with van der Waals surface area (Å²) in [6.07, 6.45) is 6.44. The van der Waals surface area contributed by atoms with Crippen molar-refractivity contribution in [3.05, 3.63) is 69.9 Å². The van der Waals surface area contributed by atoms with Crippen LogP contribution in [0.4, 0.5) is 0 Å². The highest BCUT2D eigenvalue weighted by molar-refractivity contribution is 5.86. The number of hydrogen-bond acceptors (Lipinski definition) is 6. The number of carbonyl (C=O) groups is 1. The summed E-state index contributed by atoms with van der Waals surface area (Å²) in [5.74, 6) is 1.40. The van der Waals surface area contributed by atoms with Gasteiger partial charge in [-0.15, -0.1) is 0 Å². The van der Waals surface area contributed by atoms with Crippen LogP contribution in [0.3, 0.4) is 0 Å². The van der Waals surface area contributed by atoms with Crippen molar-refractivity contribution in [1.82, 2.24) is 0 Å². The Bertz CT molecular complexity index is 1040. The third kappa shape index (κ3) is 3.55. The summed E-state index contributed by atoms with van der Waals surface area (Å²) in [5, 5.41) is 0. The van der Waals surface area contributed by atoms with Crippen LogP contribution in [0.2, 0.25) is 0 Å². The number of ether oxygens (including phenoxy) is 2. The number of hydrogen-bond donors (Lipinski definition) is 0. The standard InChI is InChI=1S/C23H24O6/c1-22(2)16-12-14-7-9-19(24)27-17(14)13-18(16)29-23(3,4)21(22)28-20(25)10-8-15-6-5-11-26-15/h5-11,13,16,21H,12H2,1-4H3/b10-8+/t16?,21-/m0/s1. The topological polar surface area (TPSA) is 78.9 Å². The van der Waals surface area contributed by atoms with E-state index in [4.69, 9.17) is 18.3 Å². The molecule has 0 bridgehead atoms. The summed E-state index contributed by atoms with van der Waals surface area (Å²) in [5.41, 5.74) is -0.608. The van der Waals surface area contributed by atoms with Gasteiger partial charge in [0.1, 0.15) is 29.0 Å². The van der Waals surface area contributed by atoms with E-state index in [0.717, 1.165) is 11.3 Å². The number of furan rings is 1. The smallest absolute Gasteiger partial charge is 0.336 e. The highest BCUT2D eigenvalue weighted by Gasteiger charge is 2.56. The minimum atomic E-state index is -0.757. The van der Waals surface area contributed by atoms with Crippen LogP contribution in [0, 0.1) is 11.3 Å². The molecule has 2 aliphatic rings. The quantitative estimate of drug-likeness (QED) is 0.571. The van der Waals surface area contributed by atoms with Crippen molar-refractivity contribution < 1.29 is 23.1 Å². The van der Waals surface area contributed by atoms with E-state index in [1.165, 1.54) is 12.1 Å². The van der Waals surface area contributed by atoms with Crippen LogP contribution >= 0.6 is 0 Å². The Labute approximate surface area is 168 Å². The maximum absolute atomic E-state index is 12.5. The van der Waals surface area contributed by atoms with Crippen molar-refractivity contribution in [2.24, 2.45) is 11.3 Å². The summed E-state index contributed by atoms with van der Waals surface area (Å²) < 4.78 is 22.7. The van der Waals surface area contributed by atoms with Gasteiger partial charge in [-0.1, -0.05) is 13.8 Å². The summed E-state index contributed by atoms with van der Waals surface area (Å²) in [4.78, 5) is 24.1. The molecule has 152 valence electrons. The van der Waals surface area contributed by atoms with Gasteiger partial charge in [-0.2, -0.15) is 0 Å².